The molecule has 2 N–H and O–H groups in total. The number of hydrogen-bond acceptors (Lipinski definition) is 3. The molecule has 2 heterocycles. The van der Waals surface area contributed by atoms with Crippen LogP contribution in [0.2, 0.25) is 0 Å². The quantitative estimate of drug-likeness (QED) is 0.408. The molecule has 1 aromatic rings. The lowest BCUT2D eigenvalue weighted by molar-refractivity contribution is 0.192. The van der Waals surface area contributed by atoms with Crippen LogP contribution in [-0.2, 0) is 13.6 Å². The molecule has 2 rings (SSSR count). The first-order valence-electron chi connectivity index (χ1n) is 8.27. The smallest absolute Gasteiger partial charge is 0.191 e. The van der Waals surface area contributed by atoms with Crippen molar-refractivity contribution in [3.05, 3.63) is 18.0 Å². The minimum Gasteiger partial charge on any atom is -0.355 e. The highest BCUT2D eigenvalue weighted by Gasteiger charge is 2.24. The summed E-state index contributed by atoms with van der Waals surface area (Å²) in [4.78, 5) is 6.92. The van der Waals surface area contributed by atoms with E-state index in [9.17, 15) is 0 Å². The summed E-state index contributed by atoms with van der Waals surface area (Å²) in [6, 6.07) is 2.58. The number of nitrogens with one attached hydrogen (secondary N) is 2. The van der Waals surface area contributed by atoms with Gasteiger partial charge in [0, 0.05) is 32.9 Å². The van der Waals surface area contributed by atoms with Gasteiger partial charge in [-0.15, -0.1) is 24.0 Å². The first-order chi connectivity index (χ1) is 10.6. The first kappa shape index (κ1) is 20.2. The van der Waals surface area contributed by atoms with E-state index in [0.29, 0.717) is 12.0 Å². The Morgan fingerprint density at radius 3 is 2.52 bits per heavy atom. The van der Waals surface area contributed by atoms with E-state index in [0.717, 1.165) is 24.7 Å². The summed E-state index contributed by atoms with van der Waals surface area (Å²) in [5.41, 5.74) is 1.14. The summed E-state index contributed by atoms with van der Waals surface area (Å²) in [5, 5.41) is 11.0. The molecule has 1 aliphatic heterocycles. The van der Waals surface area contributed by atoms with E-state index in [1.165, 1.54) is 25.9 Å². The molecule has 1 atom stereocenters. The van der Waals surface area contributed by atoms with Gasteiger partial charge in [-0.05, 0) is 37.9 Å². The molecular weight excluding hydrogens is 403 g/mol. The molecule has 132 valence electrons. The molecule has 0 saturated carbocycles. The fraction of sp³-hybridized carbons (Fsp3) is 0.750. The second-order valence-electron chi connectivity index (χ2n) is 6.31. The number of aliphatic imine (C=N–C) groups is 1. The van der Waals surface area contributed by atoms with Crippen molar-refractivity contribution in [2.45, 2.75) is 39.3 Å². The standard InChI is InChI=1S/C16H30N6.HI/c1-13(2)15(22-9-5-6-10-22)12-19-16(17-3)18-11-14-7-8-20-21(14)4;/h7-8,13,15H,5-6,9-12H2,1-4H3,(H2,17,18,19);1H. The Kier molecular flexibility index (Phi) is 8.90. The molecule has 1 aliphatic rings. The summed E-state index contributed by atoms with van der Waals surface area (Å²) in [6.45, 7) is 8.72. The molecule has 1 unspecified atom stereocenters. The summed E-state index contributed by atoms with van der Waals surface area (Å²) in [6.07, 6.45) is 4.47. The van der Waals surface area contributed by atoms with Crippen molar-refractivity contribution in [3.63, 3.8) is 0 Å². The average molecular weight is 434 g/mol. The van der Waals surface area contributed by atoms with Gasteiger partial charge < -0.3 is 10.6 Å². The molecule has 1 aromatic heterocycles. The third kappa shape index (κ3) is 5.95. The van der Waals surface area contributed by atoms with Crippen molar-refractivity contribution >= 4 is 29.9 Å². The maximum Gasteiger partial charge on any atom is 0.191 e. The zero-order valence-corrected chi connectivity index (χ0v) is 17.1. The maximum absolute atomic E-state index is 4.32. The van der Waals surface area contributed by atoms with Crippen LogP contribution in [0.15, 0.2) is 17.3 Å². The minimum absolute atomic E-state index is 0. The SMILES string of the molecule is CN=C(NCc1ccnn1C)NCC(C(C)C)N1CCCC1.I. The van der Waals surface area contributed by atoms with Gasteiger partial charge in [-0.1, -0.05) is 13.8 Å². The molecule has 0 amide bonds. The molecule has 6 nitrogen and oxygen atoms in total. The van der Waals surface area contributed by atoms with Gasteiger partial charge in [0.25, 0.3) is 0 Å². The van der Waals surface area contributed by atoms with Crippen LogP contribution < -0.4 is 10.6 Å². The predicted octanol–water partition coefficient (Wildman–Crippen LogP) is 1.82. The Bertz CT molecular complexity index is 479. The van der Waals surface area contributed by atoms with Crippen LogP contribution in [-0.4, -0.2) is 53.4 Å². The fourth-order valence-electron chi connectivity index (χ4n) is 3.03. The predicted molar refractivity (Wildman–Crippen MR) is 106 cm³/mol. The average Bonchev–Trinajstić information content (AvgIpc) is 3.14. The highest BCUT2D eigenvalue weighted by molar-refractivity contribution is 14.0. The van der Waals surface area contributed by atoms with E-state index in [2.05, 4.69) is 39.5 Å². The van der Waals surface area contributed by atoms with Gasteiger partial charge in [-0.3, -0.25) is 14.6 Å². The maximum atomic E-state index is 4.32. The fourth-order valence-corrected chi connectivity index (χ4v) is 3.03. The van der Waals surface area contributed by atoms with Gasteiger partial charge in [-0.25, -0.2) is 0 Å². The molecule has 23 heavy (non-hydrogen) atoms. The number of guanidine groups is 1. The number of hydrogen-bond donors (Lipinski definition) is 2. The van der Waals surface area contributed by atoms with Crippen molar-refractivity contribution < 1.29 is 0 Å². The molecule has 0 radical (unpaired) electrons. The van der Waals surface area contributed by atoms with E-state index in [1.54, 1.807) is 0 Å². The number of aryl methyl sites for hydroxylation is 1. The van der Waals surface area contributed by atoms with Gasteiger partial charge in [-0.2, -0.15) is 5.10 Å². The third-order valence-corrected chi connectivity index (χ3v) is 4.44. The van der Waals surface area contributed by atoms with Crippen LogP contribution in [0, 0.1) is 5.92 Å². The summed E-state index contributed by atoms with van der Waals surface area (Å²) >= 11 is 0. The second kappa shape index (κ2) is 10.1. The molecule has 0 bridgehead atoms. The van der Waals surface area contributed by atoms with E-state index < -0.39 is 0 Å². The topological polar surface area (TPSA) is 57.5 Å². The zero-order chi connectivity index (χ0) is 15.9. The minimum atomic E-state index is 0. The van der Waals surface area contributed by atoms with Crippen LogP contribution in [0.3, 0.4) is 0 Å². The summed E-state index contributed by atoms with van der Waals surface area (Å²) in [7, 11) is 3.77. The monoisotopic (exact) mass is 434 g/mol. The zero-order valence-electron chi connectivity index (χ0n) is 14.7. The summed E-state index contributed by atoms with van der Waals surface area (Å²) in [5.74, 6) is 1.49. The van der Waals surface area contributed by atoms with Gasteiger partial charge in [0.1, 0.15) is 0 Å². The van der Waals surface area contributed by atoms with Crippen LogP contribution in [0.4, 0.5) is 0 Å². The normalized spacial score (nSPS) is 17.2. The van der Waals surface area contributed by atoms with Gasteiger partial charge in [0.15, 0.2) is 5.96 Å². The number of halogens is 1. The van der Waals surface area contributed by atoms with Crippen molar-refractivity contribution in [2.24, 2.45) is 18.0 Å². The molecule has 0 aliphatic carbocycles. The highest BCUT2D eigenvalue weighted by atomic mass is 127. The molecule has 0 spiro atoms. The Hall–Kier alpha value is -0.830. The Morgan fingerprint density at radius 2 is 2.00 bits per heavy atom. The lowest BCUT2D eigenvalue weighted by Crippen LogP contribution is -2.48. The Labute approximate surface area is 157 Å². The molecule has 0 aromatic carbocycles. The van der Waals surface area contributed by atoms with Gasteiger partial charge >= 0.3 is 0 Å². The van der Waals surface area contributed by atoms with Gasteiger partial charge in [0.2, 0.25) is 0 Å². The first-order valence-corrected chi connectivity index (χ1v) is 8.27. The van der Waals surface area contributed by atoms with Crippen molar-refractivity contribution in [3.8, 4) is 0 Å². The molecule has 1 saturated heterocycles. The Morgan fingerprint density at radius 1 is 1.30 bits per heavy atom. The number of rotatable bonds is 6. The van der Waals surface area contributed by atoms with Crippen molar-refractivity contribution in [2.75, 3.05) is 26.7 Å². The van der Waals surface area contributed by atoms with Crippen LogP contribution in [0.1, 0.15) is 32.4 Å². The van der Waals surface area contributed by atoms with E-state index in [1.807, 2.05) is 31.0 Å². The molecule has 7 heteroatoms. The Balaban J connectivity index is 0.00000264. The summed E-state index contributed by atoms with van der Waals surface area (Å²) < 4.78 is 1.88. The van der Waals surface area contributed by atoms with Crippen molar-refractivity contribution in [1.82, 2.24) is 25.3 Å². The van der Waals surface area contributed by atoms with E-state index >= 15 is 0 Å². The molecule has 1 fully saturated rings. The second-order valence-corrected chi connectivity index (χ2v) is 6.31. The largest absolute Gasteiger partial charge is 0.355 e. The van der Waals surface area contributed by atoms with Gasteiger partial charge in [0.05, 0.1) is 12.2 Å². The van der Waals surface area contributed by atoms with Crippen LogP contribution >= 0.6 is 24.0 Å². The van der Waals surface area contributed by atoms with E-state index in [-0.39, 0.29) is 24.0 Å². The third-order valence-electron chi connectivity index (χ3n) is 4.44. The lowest BCUT2D eigenvalue weighted by Gasteiger charge is -2.31. The molecular formula is C16H31IN6. The number of likely N-dealkylation sites (tertiary alicyclic amines) is 1. The number of aromatic nitrogens is 2. The number of nitrogens with zero attached hydrogens (tertiary/aromatic N) is 4. The van der Waals surface area contributed by atoms with Crippen LogP contribution in [0.25, 0.3) is 0 Å². The highest BCUT2D eigenvalue weighted by Crippen LogP contribution is 2.17. The lowest BCUT2D eigenvalue weighted by atomic mass is 10.0. The van der Waals surface area contributed by atoms with Crippen LogP contribution in [0.5, 0.6) is 0 Å². The van der Waals surface area contributed by atoms with Crippen molar-refractivity contribution in [1.29, 1.82) is 0 Å². The van der Waals surface area contributed by atoms with E-state index in [4.69, 9.17) is 0 Å².